The normalized spacial score (nSPS) is 19.6. The molecule has 1 aromatic heterocycles. The lowest BCUT2D eigenvalue weighted by Gasteiger charge is -2.13. The zero-order valence-electron chi connectivity index (χ0n) is 10.6. The summed E-state index contributed by atoms with van der Waals surface area (Å²) in [5, 5.41) is 0. The van der Waals surface area contributed by atoms with E-state index in [0.717, 1.165) is 28.8 Å². The second-order valence-corrected chi connectivity index (χ2v) is 4.83. The van der Waals surface area contributed by atoms with Crippen LogP contribution in [0, 0.1) is 0 Å². The molecule has 1 atom stereocenters. The molecular formula is C14H16N2O2. The number of imidazole rings is 1. The number of benzene rings is 1. The highest BCUT2D eigenvalue weighted by atomic mass is 16.5. The fourth-order valence-corrected chi connectivity index (χ4v) is 2.52. The Morgan fingerprint density at radius 2 is 2.33 bits per heavy atom. The minimum Gasteiger partial charge on any atom is -0.379 e. The van der Waals surface area contributed by atoms with Crippen molar-refractivity contribution in [3.63, 3.8) is 0 Å². The molecular weight excluding hydrogens is 228 g/mol. The number of ether oxygens (including phenoxy) is 1. The summed E-state index contributed by atoms with van der Waals surface area (Å²) in [5.41, 5.74) is 2.74. The molecule has 0 fully saturated rings. The first-order valence-electron chi connectivity index (χ1n) is 6.26. The third-order valence-electron chi connectivity index (χ3n) is 3.44. The summed E-state index contributed by atoms with van der Waals surface area (Å²) >= 11 is 0. The molecule has 0 unspecified atom stereocenters. The fourth-order valence-electron chi connectivity index (χ4n) is 2.52. The number of nitrogens with zero attached hydrogens (tertiary/aromatic N) is 2. The maximum absolute atomic E-state index is 11.5. The van der Waals surface area contributed by atoms with E-state index in [0.29, 0.717) is 13.2 Å². The summed E-state index contributed by atoms with van der Waals surface area (Å²) < 4.78 is 7.75. The molecule has 1 aromatic carbocycles. The number of fused-ring (bicyclic) bond motifs is 3. The van der Waals surface area contributed by atoms with Crippen LogP contribution in [0.5, 0.6) is 0 Å². The molecule has 0 bridgehead atoms. The maximum Gasteiger partial charge on any atom is 0.159 e. The standard InChI is InChI=1S/C14H16N2O2/c1-9-8-18-6-5-14-15-12-4-3-11(10(2)17)7-13(12)16(9)14/h3-4,7,9H,5-6,8H2,1-2H3/t9-/m1/s1. The summed E-state index contributed by atoms with van der Waals surface area (Å²) in [6.45, 7) is 5.12. The minimum atomic E-state index is 0.0879. The Bertz CT molecular complexity index is 616. The molecule has 0 radical (unpaired) electrons. The topological polar surface area (TPSA) is 44.1 Å². The Hall–Kier alpha value is -1.68. The largest absolute Gasteiger partial charge is 0.379 e. The molecule has 18 heavy (non-hydrogen) atoms. The van der Waals surface area contributed by atoms with Gasteiger partial charge in [-0.05, 0) is 32.0 Å². The maximum atomic E-state index is 11.5. The molecule has 94 valence electrons. The van der Waals surface area contributed by atoms with Crippen LogP contribution in [0.3, 0.4) is 0 Å². The van der Waals surface area contributed by atoms with Gasteiger partial charge in [0.05, 0.1) is 30.3 Å². The van der Waals surface area contributed by atoms with Gasteiger partial charge in [0, 0.05) is 12.0 Å². The van der Waals surface area contributed by atoms with Gasteiger partial charge >= 0.3 is 0 Å². The van der Waals surface area contributed by atoms with Gasteiger partial charge < -0.3 is 9.30 Å². The van der Waals surface area contributed by atoms with Crippen LogP contribution in [-0.4, -0.2) is 28.5 Å². The predicted octanol–water partition coefficient (Wildman–Crippen LogP) is 2.37. The lowest BCUT2D eigenvalue weighted by atomic mass is 10.1. The average molecular weight is 244 g/mol. The van der Waals surface area contributed by atoms with Crippen LogP contribution in [0.15, 0.2) is 18.2 Å². The van der Waals surface area contributed by atoms with Crippen molar-refractivity contribution in [2.45, 2.75) is 26.3 Å². The Kier molecular flexibility index (Phi) is 2.67. The van der Waals surface area contributed by atoms with Gasteiger partial charge in [0.2, 0.25) is 0 Å². The molecule has 0 amide bonds. The second-order valence-electron chi connectivity index (χ2n) is 4.83. The summed E-state index contributed by atoms with van der Waals surface area (Å²) in [6.07, 6.45) is 0.828. The first-order chi connectivity index (χ1) is 8.66. The monoisotopic (exact) mass is 244 g/mol. The average Bonchev–Trinajstić information content (AvgIpc) is 2.61. The number of hydrogen-bond acceptors (Lipinski definition) is 3. The number of ketones is 1. The van der Waals surface area contributed by atoms with E-state index < -0.39 is 0 Å². The van der Waals surface area contributed by atoms with Crippen LogP contribution in [0.2, 0.25) is 0 Å². The molecule has 0 saturated carbocycles. The quantitative estimate of drug-likeness (QED) is 0.723. The van der Waals surface area contributed by atoms with Crippen molar-refractivity contribution >= 4 is 16.8 Å². The van der Waals surface area contributed by atoms with E-state index in [2.05, 4.69) is 16.5 Å². The van der Waals surface area contributed by atoms with Gasteiger partial charge in [-0.25, -0.2) is 4.98 Å². The molecule has 2 heterocycles. The van der Waals surface area contributed by atoms with Gasteiger partial charge in [-0.3, -0.25) is 4.79 Å². The first kappa shape index (κ1) is 11.4. The van der Waals surface area contributed by atoms with Crippen molar-refractivity contribution in [3.05, 3.63) is 29.6 Å². The van der Waals surface area contributed by atoms with Crippen molar-refractivity contribution in [1.29, 1.82) is 0 Å². The van der Waals surface area contributed by atoms with Crippen LogP contribution in [-0.2, 0) is 11.2 Å². The molecule has 4 heteroatoms. The number of rotatable bonds is 1. The van der Waals surface area contributed by atoms with Gasteiger partial charge in [-0.1, -0.05) is 0 Å². The number of Topliss-reactive ketones (excluding diaryl/α,β-unsaturated/α-hetero) is 1. The second kappa shape index (κ2) is 4.21. The van der Waals surface area contributed by atoms with Gasteiger partial charge in [0.15, 0.2) is 5.78 Å². The lowest BCUT2D eigenvalue weighted by Crippen LogP contribution is -2.10. The molecule has 0 spiro atoms. The Balaban J connectivity index is 2.24. The fraction of sp³-hybridized carbons (Fsp3) is 0.429. The third kappa shape index (κ3) is 1.73. The van der Waals surface area contributed by atoms with Crippen molar-refractivity contribution < 1.29 is 9.53 Å². The van der Waals surface area contributed by atoms with Crippen LogP contribution in [0.25, 0.3) is 11.0 Å². The number of aromatic nitrogens is 2. The first-order valence-corrected chi connectivity index (χ1v) is 6.26. The van der Waals surface area contributed by atoms with Gasteiger partial charge in [-0.2, -0.15) is 0 Å². The van der Waals surface area contributed by atoms with Crippen molar-refractivity contribution in [2.75, 3.05) is 13.2 Å². The molecule has 0 saturated heterocycles. The molecule has 1 aliphatic heterocycles. The van der Waals surface area contributed by atoms with Crippen LogP contribution < -0.4 is 0 Å². The van der Waals surface area contributed by atoms with E-state index in [1.54, 1.807) is 6.92 Å². The van der Waals surface area contributed by atoms with Crippen molar-refractivity contribution in [1.82, 2.24) is 9.55 Å². The minimum absolute atomic E-state index is 0.0879. The highest BCUT2D eigenvalue weighted by Crippen LogP contribution is 2.25. The Labute approximate surface area is 106 Å². The van der Waals surface area contributed by atoms with E-state index >= 15 is 0 Å². The number of carbonyl (C=O) groups excluding carboxylic acids is 1. The van der Waals surface area contributed by atoms with E-state index in [1.165, 1.54) is 0 Å². The smallest absolute Gasteiger partial charge is 0.159 e. The van der Waals surface area contributed by atoms with Crippen LogP contribution >= 0.6 is 0 Å². The molecule has 0 aliphatic carbocycles. The molecule has 0 N–H and O–H groups in total. The van der Waals surface area contributed by atoms with Gasteiger partial charge in [-0.15, -0.1) is 0 Å². The summed E-state index contributed by atoms with van der Waals surface area (Å²) in [4.78, 5) is 16.1. The summed E-state index contributed by atoms with van der Waals surface area (Å²) in [6, 6.07) is 5.98. The van der Waals surface area contributed by atoms with Gasteiger partial charge in [0.25, 0.3) is 0 Å². The predicted molar refractivity (Wildman–Crippen MR) is 69.0 cm³/mol. The Morgan fingerprint density at radius 3 is 3.11 bits per heavy atom. The van der Waals surface area contributed by atoms with Crippen molar-refractivity contribution in [3.8, 4) is 0 Å². The molecule has 4 nitrogen and oxygen atoms in total. The number of hydrogen-bond donors (Lipinski definition) is 0. The van der Waals surface area contributed by atoms with Gasteiger partial charge in [0.1, 0.15) is 5.82 Å². The van der Waals surface area contributed by atoms with Crippen LogP contribution in [0.1, 0.15) is 36.1 Å². The number of carbonyl (C=O) groups is 1. The van der Waals surface area contributed by atoms with E-state index in [1.807, 2.05) is 18.2 Å². The third-order valence-corrected chi connectivity index (χ3v) is 3.44. The summed E-state index contributed by atoms with van der Waals surface area (Å²) in [7, 11) is 0. The van der Waals surface area contributed by atoms with Crippen LogP contribution in [0.4, 0.5) is 0 Å². The highest BCUT2D eigenvalue weighted by Gasteiger charge is 2.19. The van der Waals surface area contributed by atoms with E-state index in [9.17, 15) is 4.79 Å². The highest BCUT2D eigenvalue weighted by molar-refractivity contribution is 5.97. The lowest BCUT2D eigenvalue weighted by molar-refractivity contribution is 0.101. The Morgan fingerprint density at radius 1 is 1.50 bits per heavy atom. The molecule has 2 aromatic rings. The molecule has 1 aliphatic rings. The summed E-state index contributed by atoms with van der Waals surface area (Å²) in [5.74, 6) is 1.14. The zero-order valence-corrected chi connectivity index (χ0v) is 10.6. The van der Waals surface area contributed by atoms with Crippen molar-refractivity contribution in [2.24, 2.45) is 0 Å². The van der Waals surface area contributed by atoms with E-state index in [4.69, 9.17) is 4.74 Å². The van der Waals surface area contributed by atoms with E-state index in [-0.39, 0.29) is 11.8 Å². The SMILES string of the molecule is CC(=O)c1ccc2nc3n(c2c1)[C@H](C)COCC3. The molecule has 3 rings (SSSR count). The zero-order chi connectivity index (χ0) is 12.7.